The van der Waals surface area contributed by atoms with Gasteiger partial charge in [-0.3, -0.25) is 4.99 Å². The first-order valence-corrected chi connectivity index (χ1v) is 11.0. The van der Waals surface area contributed by atoms with Crippen LogP contribution >= 0.6 is 24.0 Å². The number of halogens is 1. The Hall–Kier alpha value is -0.900. The van der Waals surface area contributed by atoms with Gasteiger partial charge in [-0.1, -0.05) is 24.3 Å². The lowest BCUT2D eigenvalue weighted by Crippen LogP contribution is -2.48. The van der Waals surface area contributed by atoms with Crippen molar-refractivity contribution in [2.75, 3.05) is 52.7 Å². The first-order valence-electron chi connectivity index (χ1n) is 11.0. The number of aliphatic hydroxyl groups excluding tert-OH is 1. The lowest BCUT2D eigenvalue weighted by atomic mass is 9.72. The quantitative estimate of drug-likeness (QED) is 0.273. The molecular formula is C23H38IN3O3. The Morgan fingerprint density at radius 3 is 2.47 bits per heavy atom. The number of ether oxygens (including phenoxy) is 2. The van der Waals surface area contributed by atoms with E-state index in [0.29, 0.717) is 13.2 Å². The molecule has 2 heterocycles. The molecule has 0 saturated carbocycles. The summed E-state index contributed by atoms with van der Waals surface area (Å²) in [6.45, 7) is 9.81. The fourth-order valence-electron chi connectivity index (χ4n) is 4.60. The summed E-state index contributed by atoms with van der Waals surface area (Å²) >= 11 is 0. The number of aliphatic imine (C=N–C) groups is 1. The second kappa shape index (κ2) is 12.2. The minimum atomic E-state index is -0.0382. The van der Waals surface area contributed by atoms with Gasteiger partial charge in [0.15, 0.2) is 5.96 Å². The Balaban J connectivity index is 0.00000320. The molecule has 0 aliphatic carbocycles. The Morgan fingerprint density at radius 1 is 1.10 bits per heavy atom. The van der Waals surface area contributed by atoms with E-state index < -0.39 is 0 Å². The third kappa shape index (κ3) is 6.31. The van der Waals surface area contributed by atoms with E-state index in [9.17, 15) is 5.11 Å². The third-order valence-corrected chi connectivity index (χ3v) is 6.50. The minimum absolute atomic E-state index is 0. The fourth-order valence-corrected chi connectivity index (χ4v) is 4.60. The van der Waals surface area contributed by atoms with Gasteiger partial charge < -0.3 is 25.2 Å². The fraction of sp³-hybridized carbons (Fsp3) is 0.696. The Labute approximate surface area is 198 Å². The molecule has 0 amide bonds. The maximum atomic E-state index is 9.47. The van der Waals surface area contributed by atoms with Gasteiger partial charge >= 0.3 is 0 Å². The Kier molecular flexibility index (Phi) is 10.3. The van der Waals surface area contributed by atoms with E-state index in [2.05, 4.69) is 48.7 Å². The highest BCUT2D eigenvalue weighted by Gasteiger charge is 2.36. The molecule has 1 aromatic rings. The van der Waals surface area contributed by atoms with Crippen LogP contribution in [0.4, 0.5) is 0 Å². The predicted octanol–water partition coefficient (Wildman–Crippen LogP) is 3.01. The van der Waals surface area contributed by atoms with E-state index in [1.54, 1.807) is 0 Å². The van der Waals surface area contributed by atoms with Gasteiger partial charge in [-0.05, 0) is 50.7 Å². The highest BCUT2D eigenvalue weighted by molar-refractivity contribution is 14.0. The van der Waals surface area contributed by atoms with Gasteiger partial charge in [0, 0.05) is 50.3 Å². The van der Waals surface area contributed by atoms with Crippen LogP contribution in [0, 0.1) is 12.3 Å². The monoisotopic (exact) mass is 531 g/mol. The summed E-state index contributed by atoms with van der Waals surface area (Å²) in [7, 11) is 0. The zero-order valence-corrected chi connectivity index (χ0v) is 20.7. The van der Waals surface area contributed by atoms with Crippen LogP contribution in [0.3, 0.4) is 0 Å². The average molecular weight is 531 g/mol. The number of nitrogens with zero attached hydrogens (tertiary/aromatic N) is 1. The molecule has 0 radical (unpaired) electrons. The lowest BCUT2D eigenvalue weighted by molar-refractivity contribution is 0.0511. The van der Waals surface area contributed by atoms with Crippen molar-refractivity contribution in [1.82, 2.24) is 10.6 Å². The normalized spacial score (nSPS) is 23.6. The number of benzene rings is 1. The van der Waals surface area contributed by atoms with Crippen molar-refractivity contribution >= 4 is 29.9 Å². The second-order valence-electron chi connectivity index (χ2n) is 8.53. The molecule has 1 aromatic carbocycles. The molecule has 6 nitrogen and oxygen atoms in total. The predicted molar refractivity (Wildman–Crippen MR) is 132 cm³/mol. The Morgan fingerprint density at radius 2 is 1.83 bits per heavy atom. The molecule has 2 aliphatic heterocycles. The van der Waals surface area contributed by atoms with Crippen LogP contribution in [0.5, 0.6) is 0 Å². The van der Waals surface area contributed by atoms with Crippen LogP contribution in [0.25, 0.3) is 0 Å². The van der Waals surface area contributed by atoms with E-state index in [0.717, 1.165) is 64.6 Å². The van der Waals surface area contributed by atoms with Gasteiger partial charge in [-0.25, -0.2) is 0 Å². The number of hydrogen-bond acceptors (Lipinski definition) is 4. The molecule has 1 unspecified atom stereocenters. The summed E-state index contributed by atoms with van der Waals surface area (Å²) in [5.41, 5.74) is 2.76. The number of guanidine groups is 1. The summed E-state index contributed by atoms with van der Waals surface area (Å²) < 4.78 is 11.3. The summed E-state index contributed by atoms with van der Waals surface area (Å²) in [6, 6.07) is 8.70. The van der Waals surface area contributed by atoms with Gasteiger partial charge in [0.1, 0.15) is 0 Å². The highest BCUT2D eigenvalue weighted by Crippen LogP contribution is 2.36. The summed E-state index contributed by atoms with van der Waals surface area (Å²) in [5, 5.41) is 16.5. The summed E-state index contributed by atoms with van der Waals surface area (Å²) in [4.78, 5) is 4.89. The van der Waals surface area contributed by atoms with Crippen molar-refractivity contribution < 1.29 is 14.6 Å². The van der Waals surface area contributed by atoms with Gasteiger partial charge in [-0.15, -0.1) is 24.0 Å². The maximum Gasteiger partial charge on any atom is 0.191 e. The van der Waals surface area contributed by atoms with Gasteiger partial charge in [-0.2, -0.15) is 0 Å². The smallest absolute Gasteiger partial charge is 0.191 e. The van der Waals surface area contributed by atoms with Crippen molar-refractivity contribution in [3.8, 4) is 0 Å². The van der Waals surface area contributed by atoms with Gasteiger partial charge in [0.25, 0.3) is 0 Å². The first kappa shape index (κ1) is 25.4. The molecule has 2 saturated heterocycles. The zero-order valence-electron chi connectivity index (χ0n) is 18.4. The topological polar surface area (TPSA) is 75.1 Å². The number of nitrogens with one attached hydrogen (secondary N) is 2. The van der Waals surface area contributed by atoms with Crippen molar-refractivity contribution in [3.63, 3.8) is 0 Å². The van der Waals surface area contributed by atoms with Crippen molar-refractivity contribution in [2.24, 2.45) is 10.4 Å². The van der Waals surface area contributed by atoms with Gasteiger partial charge in [0.05, 0.1) is 13.2 Å². The molecular weight excluding hydrogens is 493 g/mol. The van der Waals surface area contributed by atoms with Crippen molar-refractivity contribution in [1.29, 1.82) is 0 Å². The highest BCUT2D eigenvalue weighted by atomic mass is 127. The molecule has 2 fully saturated rings. The van der Waals surface area contributed by atoms with E-state index in [1.165, 1.54) is 11.1 Å². The van der Waals surface area contributed by atoms with Crippen molar-refractivity contribution in [3.05, 3.63) is 35.4 Å². The third-order valence-electron chi connectivity index (χ3n) is 6.50. The van der Waals surface area contributed by atoms with Crippen LogP contribution in [0.1, 0.15) is 43.7 Å². The second-order valence-corrected chi connectivity index (χ2v) is 8.53. The molecule has 3 N–H and O–H groups in total. The largest absolute Gasteiger partial charge is 0.396 e. The van der Waals surface area contributed by atoms with Crippen LogP contribution in [0.15, 0.2) is 29.3 Å². The minimum Gasteiger partial charge on any atom is -0.396 e. The van der Waals surface area contributed by atoms with Crippen LogP contribution in [0.2, 0.25) is 0 Å². The molecule has 1 atom stereocenters. The number of rotatable bonds is 8. The Bertz CT molecular complexity index is 671. The summed E-state index contributed by atoms with van der Waals surface area (Å²) in [5.74, 6) is 0.844. The number of aryl methyl sites for hydroxylation is 1. The molecule has 0 aromatic heterocycles. The summed E-state index contributed by atoms with van der Waals surface area (Å²) in [6.07, 6.45) is 3.71. The molecule has 170 valence electrons. The number of aliphatic hydroxyl groups is 1. The molecule has 0 bridgehead atoms. The molecule has 3 rings (SSSR count). The average Bonchev–Trinajstić information content (AvgIpc) is 3.20. The van der Waals surface area contributed by atoms with E-state index in [1.807, 2.05) is 0 Å². The maximum absolute atomic E-state index is 9.47. The molecule has 0 spiro atoms. The van der Waals surface area contributed by atoms with E-state index >= 15 is 0 Å². The van der Waals surface area contributed by atoms with Crippen LogP contribution < -0.4 is 10.6 Å². The SMILES string of the molecule is CCNC(=NCC1(CCO)CCOC1)NCC1(c2ccccc2C)CCOCC1.I. The van der Waals surface area contributed by atoms with E-state index in [4.69, 9.17) is 14.5 Å². The van der Waals surface area contributed by atoms with Crippen LogP contribution in [-0.2, 0) is 14.9 Å². The molecule has 2 aliphatic rings. The lowest BCUT2D eigenvalue weighted by Gasteiger charge is -2.39. The van der Waals surface area contributed by atoms with E-state index in [-0.39, 0.29) is 41.4 Å². The van der Waals surface area contributed by atoms with Crippen LogP contribution in [-0.4, -0.2) is 63.7 Å². The molecule has 30 heavy (non-hydrogen) atoms. The standard InChI is InChI=1S/C23H37N3O3.HI/c1-3-24-21(25-16-22(8-12-27)9-13-29-18-22)26-17-23(10-14-28-15-11-23)20-7-5-4-6-19(20)2;/h4-7,27H,3,8-18H2,1-2H3,(H2,24,25,26);1H. The first-order chi connectivity index (χ1) is 14.1. The molecule has 7 heteroatoms. The number of hydrogen-bond donors (Lipinski definition) is 3. The van der Waals surface area contributed by atoms with Crippen molar-refractivity contribution in [2.45, 2.75) is 44.9 Å². The van der Waals surface area contributed by atoms with Gasteiger partial charge in [0.2, 0.25) is 0 Å². The zero-order chi connectivity index (χ0) is 20.6.